The van der Waals surface area contributed by atoms with Crippen LogP contribution in [-0.4, -0.2) is 29.4 Å². The van der Waals surface area contributed by atoms with Crippen LogP contribution in [0.4, 0.5) is 5.82 Å². The van der Waals surface area contributed by atoms with Gasteiger partial charge in [-0.05, 0) is 30.2 Å². The lowest BCUT2D eigenvalue weighted by Crippen LogP contribution is -2.03. The Kier molecular flexibility index (Phi) is 31.6. The molecule has 0 radical (unpaired) electrons. The normalized spacial score (nSPS) is 8.20. The van der Waals surface area contributed by atoms with Crippen LogP contribution in [0.2, 0.25) is 0 Å². The van der Waals surface area contributed by atoms with Gasteiger partial charge in [-0.15, -0.1) is 13.2 Å². The highest BCUT2D eigenvalue weighted by molar-refractivity contribution is 5.37. The van der Waals surface area contributed by atoms with Gasteiger partial charge in [0, 0.05) is 18.3 Å². The maximum absolute atomic E-state index is 8.63. The second-order valence-electron chi connectivity index (χ2n) is 3.63. The summed E-state index contributed by atoms with van der Waals surface area (Å²) in [5.41, 5.74) is 1.43. The molecule has 1 aromatic rings. The van der Waals surface area contributed by atoms with E-state index < -0.39 is 0 Å². The molecule has 0 aliphatic rings. The first-order valence-corrected chi connectivity index (χ1v) is 7.42. The summed E-state index contributed by atoms with van der Waals surface area (Å²) in [6.07, 6.45) is 6.00. The Morgan fingerprint density at radius 2 is 1.96 bits per heavy atom. The Morgan fingerprint density at radius 1 is 1.40 bits per heavy atom. The van der Waals surface area contributed by atoms with E-state index >= 15 is 0 Å². The molecule has 0 aromatic carbocycles. The molecule has 25 heavy (non-hydrogen) atoms. The van der Waals surface area contributed by atoms with Crippen LogP contribution >= 0.6 is 0 Å². The fourth-order valence-electron chi connectivity index (χ4n) is 1.29. The second-order valence-corrected chi connectivity index (χ2v) is 3.63. The lowest BCUT2D eigenvalue weighted by Gasteiger charge is -2.05. The smallest absolute Gasteiger partial charge is 0.125 e. The molecule has 0 fully saturated rings. The van der Waals surface area contributed by atoms with E-state index in [1.165, 1.54) is 7.11 Å². The average molecular weight is 349 g/mol. The van der Waals surface area contributed by atoms with Gasteiger partial charge in [-0.3, -0.25) is 5.26 Å². The molecule has 0 saturated heterocycles. The largest absolute Gasteiger partial charge is 0.412 e. The predicted octanol–water partition coefficient (Wildman–Crippen LogP) is 4.19. The van der Waals surface area contributed by atoms with Gasteiger partial charge in [0.15, 0.2) is 0 Å². The fraction of sp³-hybridized carbons (Fsp3) is 0.263. The number of nitrogens with one attached hydrogen (secondary N) is 1. The Labute approximate surface area is 151 Å². The molecule has 4 N–H and O–H groups in total. The van der Waals surface area contributed by atoms with Crippen molar-refractivity contribution in [1.82, 2.24) is 4.98 Å². The SMILES string of the molecule is C=C.C=C/C(=C\C(=C)C#N)CCNc1ccccn1.CC.COO.O. The molecule has 140 valence electrons. The highest BCUT2D eigenvalue weighted by atomic mass is 17.1. The standard InChI is InChI=1S/C14H15N3.C2H6.C2H4.CH4O2.H2O/c1-3-13(10-12(2)11-15)7-9-17-14-6-4-5-8-16-14;2*1-2;1-3-2;/h3-6,8,10H,1-2,7,9H2,(H,16,17);1-2H3;1-2H2;2H,1H3;1H2/b13-10+;;;;. The molecular weight excluding hydrogens is 318 g/mol. The zero-order valence-electron chi connectivity index (χ0n) is 15.5. The number of pyridine rings is 1. The monoisotopic (exact) mass is 349 g/mol. The van der Waals surface area contributed by atoms with Crippen LogP contribution in [0.15, 0.2) is 74.0 Å². The maximum Gasteiger partial charge on any atom is 0.125 e. The fourth-order valence-corrected chi connectivity index (χ4v) is 1.29. The van der Waals surface area contributed by atoms with Crippen molar-refractivity contribution in [3.63, 3.8) is 0 Å². The molecule has 0 unspecified atom stereocenters. The molecule has 6 nitrogen and oxygen atoms in total. The third-order valence-electron chi connectivity index (χ3n) is 2.15. The minimum Gasteiger partial charge on any atom is -0.412 e. The summed E-state index contributed by atoms with van der Waals surface area (Å²) in [6.45, 7) is 18.1. The van der Waals surface area contributed by atoms with Crippen molar-refractivity contribution >= 4 is 5.82 Å². The first-order chi connectivity index (χ1) is 11.7. The van der Waals surface area contributed by atoms with E-state index in [1.807, 2.05) is 38.1 Å². The summed E-state index contributed by atoms with van der Waals surface area (Å²) in [7, 11) is 1.18. The summed E-state index contributed by atoms with van der Waals surface area (Å²) < 4.78 is 0. The minimum atomic E-state index is 0. The van der Waals surface area contributed by atoms with Crippen LogP contribution in [-0.2, 0) is 4.89 Å². The summed E-state index contributed by atoms with van der Waals surface area (Å²) in [5.74, 6) is 0.843. The summed E-state index contributed by atoms with van der Waals surface area (Å²) in [6, 6.07) is 7.69. The number of nitriles is 1. The third kappa shape index (κ3) is 21.3. The molecule has 0 aliphatic heterocycles. The zero-order valence-corrected chi connectivity index (χ0v) is 15.5. The molecule has 1 rings (SSSR count). The number of hydrogen-bond donors (Lipinski definition) is 2. The molecule has 1 heterocycles. The number of nitrogens with zero attached hydrogens (tertiary/aromatic N) is 2. The molecular formula is C19H31N3O3. The molecule has 0 amide bonds. The number of allylic oxidation sites excluding steroid dienone is 3. The van der Waals surface area contributed by atoms with E-state index in [2.05, 4.69) is 41.5 Å². The van der Waals surface area contributed by atoms with Crippen LogP contribution in [0, 0.1) is 11.3 Å². The number of hydrogen-bond acceptors (Lipinski definition) is 5. The quantitative estimate of drug-likeness (QED) is 0.263. The Hall–Kier alpha value is -2.72. The van der Waals surface area contributed by atoms with E-state index in [1.54, 1.807) is 18.3 Å². The molecule has 0 saturated carbocycles. The van der Waals surface area contributed by atoms with Crippen molar-refractivity contribution in [2.45, 2.75) is 20.3 Å². The van der Waals surface area contributed by atoms with E-state index in [4.69, 9.17) is 10.5 Å². The van der Waals surface area contributed by atoms with Gasteiger partial charge in [0.25, 0.3) is 0 Å². The maximum atomic E-state index is 8.63. The average Bonchev–Trinajstić information content (AvgIpc) is 2.65. The van der Waals surface area contributed by atoms with Gasteiger partial charge in [-0.25, -0.2) is 9.87 Å². The minimum absolute atomic E-state index is 0. The van der Waals surface area contributed by atoms with Gasteiger partial charge in [0.1, 0.15) is 5.82 Å². The van der Waals surface area contributed by atoms with Gasteiger partial charge >= 0.3 is 0 Å². The van der Waals surface area contributed by atoms with E-state index in [0.29, 0.717) is 5.57 Å². The van der Waals surface area contributed by atoms with Crippen LogP contribution in [0.25, 0.3) is 0 Å². The second kappa shape index (κ2) is 26.2. The van der Waals surface area contributed by atoms with E-state index in [0.717, 1.165) is 24.4 Å². The first-order valence-electron chi connectivity index (χ1n) is 7.42. The molecule has 1 aromatic heterocycles. The lowest BCUT2D eigenvalue weighted by atomic mass is 10.1. The molecule has 0 aliphatic carbocycles. The van der Waals surface area contributed by atoms with Crippen molar-refractivity contribution in [2.24, 2.45) is 0 Å². The van der Waals surface area contributed by atoms with Gasteiger partial charge in [0.05, 0.1) is 13.2 Å². The van der Waals surface area contributed by atoms with Crippen molar-refractivity contribution < 1.29 is 15.6 Å². The molecule has 6 heteroatoms. The number of rotatable bonds is 6. The molecule has 0 bridgehead atoms. The van der Waals surface area contributed by atoms with Crippen LogP contribution in [0.3, 0.4) is 0 Å². The first kappa shape index (κ1) is 30.2. The van der Waals surface area contributed by atoms with E-state index in [-0.39, 0.29) is 5.48 Å². The lowest BCUT2D eigenvalue weighted by molar-refractivity contribution is -0.214. The number of aromatic nitrogens is 1. The van der Waals surface area contributed by atoms with Gasteiger partial charge in [0.2, 0.25) is 0 Å². The van der Waals surface area contributed by atoms with Gasteiger partial charge < -0.3 is 10.8 Å². The van der Waals surface area contributed by atoms with Crippen LogP contribution in [0.1, 0.15) is 20.3 Å². The highest BCUT2D eigenvalue weighted by Gasteiger charge is 1.95. The Bertz CT molecular complexity index is 494. The number of anilines is 1. The van der Waals surface area contributed by atoms with Crippen LogP contribution < -0.4 is 5.32 Å². The van der Waals surface area contributed by atoms with Gasteiger partial charge in [-0.1, -0.05) is 39.1 Å². The van der Waals surface area contributed by atoms with E-state index in [9.17, 15) is 0 Å². The summed E-state index contributed by atoms with van der Waals surface area (Å²) >= 11 is 0. The van der Waals surface area contributed by atoms with Crippen molar-refractivity contribution in [2.75, 3.05) is 19.0 Å². The van der Waals surface area contributed by atoms with Crippen molar-refractivity contribution in [3.8, 4) is 6.07 Å². The third-order valence-corrected chi connectivity index (χ3v) is 2.15. The van der Waals surface area contributed by atoms with Gasteiger partial charge in [-0.2, -0.15) is 5.26 Å². The Balaban J connectivity index is -0.000000242. The topological polar surface area (TPSA) is 110 Å². The van der Waals surface area contributed by atoms with Crippen LogP contribution in [0.5, 0.6) is 0 Å². The zero-order chi connectivity index (χ0) is 19.2. The summed E-state index contributed by atoms with van der Waals surface area (Å²) in [5, 5.41) is 18.9. The predicted molar refractivity (Wildman–Crippen MR) is 106 cm³/mol. The highest BCUT2D eigenvalue weighted by Crippen LogP contribution is 2.07. The van der Waals surface area contributed by atoms with Crippen molar-refractivity contribution in [1.29, 1.82) is 5.26 Å². The van der Waals surface area contributed by atoms with Crippen molar-refractivity contribution in [3.05, 3.63) is 74.0 Å². The summed E-state index contributed by atoms with van der Waals surface area (Å²) in [4.78, 5) is 7.40. The Morgan fingerprint density at radius 3 is 2.36 bits per heavy atom. The molecule has 0 spiro atoms. The molecule has 0 atom stereocenters.